The summed E-state index contributed by atoms with van der Waals surface area (Å²) in [7, 11) is 2.19. The average Bonchev–Trinajstić information content (AvgIpc) is 3.14. The van der Waals surface area contributed by atoms with Crippen LogP contribution in [0.2, 0.25) is 0 Å². The molecule has 43 heavy (non-hydrogen) atoms. The van der Waals surface area contributed by atoms with Gasteiger partial charge in [-0.1, -0.05) is 12.1 Å². The zero-order chi connectivity index (χ0) is 29.7. The van der Waals surface area contributed by atoms with Gasteiger partial charge in [-0.05, 0) is 104 Å². The predicted octanol–water partition coefficient (Wildman–Crippen LogP) is 6.48. The number of carbonyl (C=O) groups is 1. The number of hydrogen-bond donors (Lipinski definition) is 2. The molecule has 2 N–H and O–H groups in total. The zero-order valence-corrected chi connectivity index (χ0v) is 25.6. The summed E-state index contributed by atoms with van der Waals surface area (Å²) in [6.45, 7) is 0.173. The van der Waals surface area contributed by atoms with E-state index in [4.69, 9.17) is 4.98 Å². The van der Waals surface area contributed by atoms with Gasteiger partial charge in [-0.25, -0.2) is 18.7 Å². The number of nitrogens with one attached hydrogen (secondary N) is 2. The Morgan fingerprint density at radius 3 is 2.42 bits per heavy atom. The summed E-state index contributed by atoms with van der Waals surface area (Å²) in [6.07, 6.45) is 6.10. The first-order valence-corrected chi connectivity index (χ1v) is 15.5. The van der Waals surface area contributed by atoms with Gasteiger partial charge in [0.15, 0.2) is 0 Å². The Morgan fingerprint density at radius 2 is 1.70 bits per heavy atom. The van der Waals surface area contributed by atoms with Crippen molar-refractivity contribution in [2.24, 2.45) is 4.99 Å². The quantitative estimate of drug-likeness (QED) is 0.235. The first-order valence-electron chi connectivity index (χ1n) is 14.4. The molecule has 2 unspecified atom stereocenters. The number of aliphatic imine (C=N–C) groups is 1. The molecule has 2 fully saturated rings. The highest BCUT2D eigenvalue weighted by Crippen LogP contribution is 2.35. The van der Waals surface area contributed by atoms with Gasteiger partial charge in [-0.2, -0.15) is 0 Å². The van der Waals surface area contributed by atoms with Crippen LogP contribution in [0, 0.1) is 15.2 Å². The summed E-state index contributed by atoms with van der Waals surface area (Å²) in [5, 5.41) is 6.46. The summed E-state index contributed by atoms with van der Waals surface area (Å²) in [5.74, 6) is -1.03. The lowest BCUT2D eigenvalue weighted by Gasteiger charge is -2.36. The smallest absolute Gasteiger partial charge is 0.251 e. The summed E-state index contributed by atoms with van der Waals surface area (Å²) in [6, 6.07) is 18.1. The number of rotatable bonds is 5. The van der Waals surface area contributed by atoms with Crippen molar-refractivity contribution in [2.75, 3.05) is 12.4 Å². The molecule has 7 rings (SSSR count). The van der Waals surface area contributed by atoms with Crippen LogP contribution in [0.1, 0.15) is 52.7 Å². The van der Waals surface area contributed by atoms with Gasteiger partial charge in [-0.15, -0.1) is 0 Å². The second kappa shape index (κ2) is 11.4. The minimum absolute atomic E-state index is 0.0601. The number of carbonyl (C=O) groups excluding carboxylic acids is 1. The van der Waals surface area contributed by atoms with Crippen molar-refractivity contribution in [1.82, 2.24) is 20.2 Å². The monoisotopic (exact) mass is 690 g/mol. The SMILES string of the molecule is CN1C2CCC1CC(NC(=O)c1ccc(Nc3ncc4c(n3)-c3ccc(I)cc3C(c3c(F)cccc3F)=NC4)cc1)C2. The van der Waals surface area contributed by atoms with Crippen molar-refractivity contribution in [3.05, 3.63) is 104 Å². The third-order valence-electron chi connectivity index (χ3n) is 8.80. The molecular formula is C33H29F2IN6O. The molecule has 7 nitrogen and oxygen atoms in total. The van der Waals surface area contributed by atoms with E-state index >= 15 is 0 Å². The van der Waals surface area contributed by atoms with E-state index in [9.17, 15) is 13.6 Å². The number of hydrogen-bond acceptors (Lipinski definition) is 6. The molecule has 4 heterocycles. The molecule has 0 radical (unpaired) electrons. The number of nitrogens with zero attached hydrogens (tertiary/aromatic N) is 4. The van der Waals surface area contributed by atoms with Crippen molar-refractivity contribution < 1.29 is 13.6 Å². The predicted molar refractivity (Wildman–Crippen MR) is 171 cm³/mol. The Bertz CT molecular complexity index is 1730. The molecule has 3 aliphatic rings. The van der Waals surface area contributed by atoms with Gasteiger partial charge in [0, 0.05) is 55.8 Å². The number of amides is 1. The van der Waals surface area contributed by atoms with Gasteiger partial charge in [0.05, 0.1) is 23.5 Å². The molecule has 218 valence electrons. The highest BCUT2D eigenvalue weighted by Gasteiger charge is 2.38. The normalized spacial score (nSPS) is 20.9. The molecule has 2 atom stereocenters. The summed E-state index contributed by atoms with van der Waals surface area (Å²) >= 11 is 2.18. The van der Waals surface area contributed by atoms with E-state index in [0.29, 0.717) is 40.4 Å². The van der Waals surface area contributed by atoms with E-state index in [0.717, 1.165) is 27.7 Å². The topological polar surface area (TPSA) is 82.5 Å². The molecule has 0 aliphatic carbocycles. The Morgan fingerprint density at radius 1 is 0.977 bits per heavy atom. The number of fused-ring (bicyclic) bond motifs is 5. The van der Waals surface area contributed by atoms with Crippen molar-refractivity contribution in [3.8, 4) is 11.3 Å². The van der Waals surface area contributed by atoms with Crippen molar-refractivity contribution in [1.29, 1.82) is 0 Å². The molecular weight excluding hydrogens is 661 g/mol. The lowest BCUT2D eigenvalue weighted by Crippen LogP contribution is -2.48. The molecule has 1 aromatic heterocycles. The molecule has 2 saturated heterocycles. The fourth-order valence-corrected chi connectivity index (χ4v) is 7.05. The Labute approximate surface area is 262 Å². The van der Waals surface area contributed by atoms with Gasteiger partial charge in [0.25, 0.3) is 5.91 Å². The summed E-state index contributed by atoms with van der Waals surface area (Å²) in [4.78, 5) is 29.4. The fraction of sp³-hybridized carbons (Fsp3) is 0.273. The third kappa shape index (κ3) is 5.42. The van der Waals surface area contributed by atoms with E-state index in [-0.39, 0.29) is 29.8 Å². The molecule has 0 saturated carbocycles. The molecule has 10 heteroatoms. The van der Waals surface area contributed by atoms with E-state index < -0.39 is 11.6 Å². The largest absolute Gasteiger partial charge is 0.349 e. The van der Waals surface area contributed by atoms with Crippen molar-refractivity contribution in [3.63, 3.8) is 0 Å². The fourth-order valence-electron chi connectivity index (χ4n) is 6.55. The molecule has 0 spiro atoms. The number of halogens is 3. The Balaban J connectivity index is 1.11. The maximum atomic E-state index is 14.9. The Hall–Kier alpha value is -3.77. The van der Waals surface area contributed by atoms with Crippen LogP contribution in [0.3, 0.4) is 0 Å². The van der Waals surface area contributed by atoms with Crippen molar-refractivity contribution >= 4 is 45.8 Å². The number of benzene rings is 3. The van der Waals surface area contributed by atoms with E-state index in [1.165, 1.54) is 31.0 Å². The van der Waals surface area contributed by atoms with Crippen LogP contribution in [-0.2, 0) is 6.54 Å². The average molecular weight is 691 g/mol. The second-order valence-corrected chi connectivity index (χ2v) is 12.7. The van der Waals surface area contributed by atoms with E-state index in [1.54, 1.807) is 18.3 Å². The van der Waals surface area contributed by atoms with E-state index in [2.05, 4.69) is 55.1 Å². The van der Waals surface area contributed by atoms with Crippen LogP contribution < -0.4 is 10.6 Å². The lowest BCUT2D eigenvalue weighted by molar-refractivity contribution is 0.0882. The number of aromatic nitrogens is 2. The third-order valence-corrected chi connectivity index (χ3v) is 9.47. The lowest BCUT2D eigenvalue weighted by atomic mass is 9.95. The van der Waals surface area contributed by atoms with Crippen LogP contribution in [-0.4, -0.2) is 51.7 Å². The minimum Gasteiger partial charge on any atom is -0.349 e. The van der Waals surface area contributed by atoms with E-state index in [1.807, 2.05) is 30.3 Å². The zero-order valence-electron chi connectivity index (χ0n) is 23.4. The molecule has 3 aliphatic heterocycles. The molecule has 3 aromatic carbocycles. The summed E-state index contributed by atoms with van der Waals surface area (Å²) in [5.41, 5.74) is 4.14. The van der Waals surface area contributed by atoms with Crippen molar-refractivity contribution in [2.45, 2.75) is 50.4 Å². The minimum atomic E-state index is -0.668. The van der Waals surface area contributed by atoms with Crippen LogP contribution in [0.25, 0.3) is 11.3 Å². The first kappa shape index (κ1) is 28.0. The molecule has 2 bridgehead atoms. The highest BCUT2D eigenvalue weighted by molar-refractivity contribution is 14.1. The summed E-state index contributed by atoms with van der Waals surface area (Å²) < 4.78 is 30.6. The highest BCUT2D eigenvalue weighted by atomic mass is 127. The van der Waals surface area contributed by atoms with Crippen LogP contribution in [0.4, 0.5) is 20.4 Å². The van der Waals surface area contributed by atoms with Gasteiger partial charge in [0.2, 0.25) is 5.95 Å². The van der Waals surface area contributed by atoms with Gasteiger partial charge in [0.1, 0.15) is 11.6 Å². The van der Waals surface area contributed by atoms with Crippen LogP contribution in [0.15, 0.2) is 71.9 Å². The number of anilines is 2. The van der Waals surface area contributed by atoms with Crippen LogP contribution >= 0.6 is 22.6 Å². The van der Waals surface area contributed by atoms with Crippen LogP contribution in [0.5, 0.6) is 0 Å². The first-order chi connectivity index (χ1) is 20.8. The second-order valence-electron chi connectivity index (χ2n) is 11.4. The maximum absolute atomic E-state index is 14.9. The Kier molecular flexibility index (Phi) is 7.42. The van der Waals surface area contributed by atoms with Gasteiger partial charge < -0.3 is 15.5 Å². The molecule has 4 aromatic rings. The van der Waals surface area contributed by atoms with Gasteiger partial charge >= 0.3 is 0 Å². The number of piperidine rings is 1. The molecule has 1 amide bonds. The maximum Gasteiger partial charge on any atom is 0.251 e. The van der Waals surface area contributed by atoms with Gasteiger partial charge in [-0.3, -0.25) is 9.79 Å². The standard InChI is InChI=1S/C33H29F2IN6O/c1-42-23-10-11-24(42)15-22(14-23)39-32(43)18-5-8-21(9-6-18)40-33-38-17-19-16-37-31(29-27(34)3-2-4-28(29)35)26-13-20(36)7-12-25(26)30(19)41-33/h2-9,12-13,17,22-24H,10-11,14-16H2,1H3,(H,39,43)(H,38,40,41).